The molecule has 0 unspecified atom stereocenters. The number of benzene rings is 2. The lowest BCUT2D eigenvalue weighted by Crippen LogP contribution is -2.38. The van der Waals surface area contributed by atoms with Crippen molar-refractivity contribution in [3.8, 4) is 0 Å². The zero-order valence-corrected chi connectivity index (χ0v) is 16.1. The van der Waals surface area contributed by atoms with Crippen LogP contribution in [0.3, 0.4) is 0 Å². The third-order valence-electron chi connectivity index (χ3n) is 4.03. The van der Waals surface area contributed by atoms with Crippen molar-refractivity contribution in [2.45, 2.75) is 13.3 Å². The Hall–Kier alpha value is -2.57. The Morgan fingerprint density at radius 1 is 1.22 bits per heavy atom. The van der Waals surface area contributed by atoms with E-state index in [2.05, 4.69) is 15.5 Å². The molecule has 8 heteroatoms. The van der Waals surface area contributed by atoms with Gasteiger partial charge in [-0.15, -0.1) is 0 Å². The smallest absolute Gasteiger partial charge is 0.256 e. The lowest BCUT2D eigenvalue weighted by molar-refractivity contribution is -0.116. The summed E-state index contributed by atoms with van der Waals surface area (Å²) < 4.78 is 0. The average molecular weight is 405 g/mol. The van der Waals surface area contributed by atoms with E-state index in [-0.39, 0.29) is 18.4 Å². The van der Waals surface area contributed by atoms with E-state index in [4.69, 9.17) is 23.2 Å². The van der Waals surface area contributed by atoms with Gasteiger partial charge < -0.3 is 10.2 Å². The molecular formula is C19H18Cl2N4O2. The highest BCUT2D eigenvalue weighted by Crippen LogP contribution is 2.25. The summed E-state index contributed by atoms with van der Waals surface area (Å²) in [6, 6.07) is 10.2. The van der Waals surface area contributed by atoms with Crippen LogP contribution in [0.25, 0.3) is 10.9 Å². The first-order chi connectivity index (χ1) is 13.0. The van der Waals surface area contributed by atoms with Crippen molar-refractivity contribution < 1.29 is 9.59 Å². The Morgan fingerprint density at radius 3 is 2.78 bits per heavy atom. The standard InChI is InChI=1S/C19H18Cl2N4O2/c1-2-8-25(11-17(26)23-16-7-6-13(20)9-15(16)21)19(27)14-5-3-4-12-10-22-24-18(12)14/h3-7,9-10H,2,8,11H2,1H3,(H,22,24)(H,23,26). The lowest BCUT2D eigenvalue weighted by atomic mass is 10.1. The van der Waals surface area contributed by atoms with Crippen molar-refractivity contribution in [2.75, 3.05) is 18.4 Å². The first-order valence-corrected chi connectivity index (χ1v) is 9.21. The van der Waals surface area contributed by atoms with Crippen LogP contribution in [0.15, 0.2) is 42.6 Å². The number of rotatable bonds is 6. The van der Waals surface area contributed by atoms with Crippen LogP contribution in [-0.4, -0.2) is 40.0 Å². The summed E-state index contributed by atoms with van der Waals surface area (Å²) in [5.41, 5.74) is 1.59. The van der Waals surface area contributed by atoms with Gasteiger partial charge in [0.05, 0.1) is 28.0 Å². The van der Waals surface area contributed by atoms with Gasteiger partial charge in [0.25, 0.3) is 5.91 Å². The molecule has 1 aromatic heterocycles. The predicted molar refractivity (Wildman–Crippen MR) is 107 cm³/mol. The van der Waals surface area contributed by atoms with Gasteiger partial charge in [0.1, 0.15) is 6.54 Å². The van der Waals surface area contributed by atoms with E-state index in [1.807, 2.05) is 13.0 Å². The SMILES string of the molecule is CCCN(CC(=O)Nc1ccc(Cl)cc1Cl)C(=O)c1cccc2cn[nH]c12. The van der Waals surface area contributed by atoms with Gasteiger partial charge in [-0.1, -0.05) is 42.3 Å². The van der Waals surface area contributed by atoms with Crippen LogP contribution in [0, 0.1) is 0 Å². The highest BCUT2D eigenvalue weighted by atomic mass is 35.5. The minimum absolute atomic E-state index is 0.0871. The van der Waals surface area contributed by atoms with Crippen molar-refractivity contribution in [3.05, 3.63) is 58.2 Å². The number of hydrogen-bond acceptors (Lipinski definition) is 3. The summed E-state index contributed by atoms with van der Waals surface area (Å²) in [5.74, 6) is -0.568. The molecule has 27 heavy (non-hydrogen) atoms. The van der Waals surface area contributed by atoms with Crippen molar-refractivity contribution in [3.63, 3.8) is 0 Å². The van der Waals surface area contributed by atoms with Gasteiger partial charge in [-0.2, -0.15) is 5.10 Å². The molecule has 3 aromatic rings. The Labute approximate surface area is 166 Å². The summed E-state index contributed by atoms with van der Waals surface area (Å²) in [4.78, 5) is 27.0. The second-order valence-electron chi connectivity index (χ2n) is 6.04. The molecule has 0 fully saturated rings. The average Bonchev–Trinajstić information content (AvgIpc) is 3.12. The summed E-state index contributed by atoms with van der Waals surface area (Å²) in [7, 11) is 0. The fourth-order valence-corrected chi connectivity index (χ4v) is 3.25. The summed E-state index contributed by atoms with van der Waals surface area (Å²) >= 11 is 12.0. The Morgan fingerprint density at radius 2 is 2.04 bits per heavy atom. The number of carbonyl (C=O) groups is 2. The van der Waals surface area contributed by atoms with Gasteiger partial charge in [0, 0.05) is 17.0 Å². The van der Waals surface area contributed by atoms with Crippen LogP contribution in [-0.2, 0) is 4.79 Å². The number of aromatic amines is 1. The number of amides is 2. The zero-order chi connectivity index (χ0) is 19.4. The summed E-state index contributed by atoms with van der Waals surface area (Å²) in [5, 5.41) is 11.2. The number of hydrogen-bond donors (Lipinski definition) is 2. The largest absolute Gasteiger partial charge is 0.329 e. The first kappa shape index (κ1) is 19.2. The normalized spacial score (nSPS) is 10.8. The number of fused-ring (bicyclic) bond motifs is 1. The van der Waals surface area contributed by atoms with Crippen molar-refractivity contribution >= 4 is 51.6 Å². The fraction of sp³-hybridized carbons (Fsp3) is 0.211. The highest BCUT2D eigenvalue weighted by molar-refractivity contribution is 6.36. The number of para-hydroxylation sites is 1. The Balaban J connectivity index is 1.77. The molecule has 6 nitrogen and oxygen atoms in total. The topological polar surface area (TPSA) is 78.1 Å². The molecule has 2 aromatic carbocycles. The fourth-order valence-electron chi connectivity index (χ4n) is 2.79. The second-order valence-corrected chi connectivity index (χ2v) is 6.88. The Bertz CT molecular complexity index is 987. The molecule has 3 rings (SSSR count). The van der Waals surface area contributed by atoms with Crippen LogP contribution in [0.1, 0.15) is 23.7 Å². The molecule has 140 valence electrons. The van der Waals surface area contributed by atoms with Gasteiger partial charge in [-0.25, -0.2) is 0 Å². The summed E-state index contributed by atoms with van der Waals surface area (Å²) in [6.07, 6.45) is 2.38. The van der Waals surface area contributed by atoms with E-state index >= 15 is 0 Å². The molecule has 0 aliphatic carbocycles. The molecule has 0 aliphatic rings. The van der Waals surface area contributed by atoms with Gasteiger partial charge >= 0.3 is 0 Å². The Kier molecular flexibility index (Phi) is 5.98. The molecule has 1 heterocycles. The maximum Gasteiger partial charge on any atom is 0.256 e. The quantitative estimate of drug-likeness (QED) is 0.640. The van der Waals surface area contributed by atoms with E-state index in [0.29, 0.717) is 33.4 Å². The molecule has 0 atom stereocenters. The molecule has 0 bridgehead atoms. The summed E-state index contributed by atoms with van der Waals surface area (Å²) in [6.45, 7) is 2.31. The number of aromatic nitrogens is 2. The van der Waals surface area contributed by atoms with Crippen LogP contribution in [0.2, 0.25) is 10.0 Å². The molecule has 0 spiro atoms. The van der Waals surface area contributed by atoms with Gasteiger partial charge in [0.15, 0.2) is 0 Å². The minimum atomic E-state index is -0.335. The molecular weight excluding hydrogens is 387 g/mol. The predicted octanol–water partition coefficient (Wildman–Crippen LogP) is 4.36. The number of H-pyrrole nitrogens is 1. The van der Waals surface area contributed by atoms with Gasteiger partial charge in [-0.05, 0) is 30.7 Å². The van der Waals surface area contributed by atoms with Crippen molar-refractivity contribution in [1.82, 2.24) is 15.1 Å². The van der Waals surface area contributed by atoms with Gasteiger partial charge in [-0.3, -0.25) is 14.7 Å². The number of anilines is 1. The molecule has 0 aliphatic heterocycles. The van der Waals surface area contributed by atoms with Gasteiger partial charge in [0.2, 0.25) is 5.91 Å². The van der Waals surface area contributed by atoms with Crippen molar-refractivity contribution in [2.24, 2.45) is 0 Å². The lowest BCUT2D eigenvalue weighted by Gasteiger charge is -2.22. The molecule has 2 amide bonds. The van der Waals surface area contributed by atoms with E-state index < -0.39 is 0 Å². The highest BCUT2D eigenvalue weighted by Gasteiger charge is 2.21. The molecule has 0 saturated carbocycles. The molecule has 0 saturated heterocycles. The third-order valence-corrected chi connectivity index (χ3v) is 4.58. The second kappa shape index (κ2) is 8.41. The number of nitrogens with one attached hydrogen (secondary N) is 2. The zero-order valence-electron chi connectivity index (χ0n) is 14.6. The monoisotopic (exact) mass is 404 g/mol. The first-order valence-electron chi connectivity index (χ1n) is 8.46. The number of carbonyl (C=O) groups excluding carboxylic acids is 2. The van der Waals surface area contributed by atoms with E-state index in [0.717, 1.165) is 11.8 Å². The van der Waals surface area contributed by atoms with Crippen LogP contribution < -0.4 is 5.32 Å². The third kappa shape index (κ3) is 4.40. The van der Waals surface area contributed by atoms with Crippen molar-refractivity contribution in [1.29, 1.82) is 0 Å². The van der Waals surface area contributed by atoms with E-state index in [1.165, 1.54) is 4.90 Å². The van der Waals surface area contributed by atoms with E-state index in [9.17, 15) is 9.59 Å². The number of nitrogens with zero attached hydrogens (tertiary/aromatic N) is 2. The molecule has 2 N–H and O–H groups in total. The van der Waals surface area contributed by atoms with Crippen LogP contribution in [0.5, 0.6) is 0 Å². The van der Waals surface area contributed by atoms with Crippen LogP contribution >= 0.6 is 23.2 Å². The minimum Gasteiger partial charge on any atom is -0.329 e. The molecule has 0 radical (unpaired) electrons. The van der Waals surface area contributed by atoms with Crippen LogP contribution in [0.4, 0.5) is 5.69 Å². The maximum absolute atomic E-state index is 13.0. The maximum atomic E-state index is 13.0. The van der Waals surface area contributed by atoms with E-state index in [1.54, 1.807) is 36.5 Å². The number of halogens is 2.